The van der Waals surface area contributed by atoms with Crippen LogP contribution in [0.5, 0.6) is 5.75 Å². The Morgan fingerprint density at radius 3 is 2.62 bits per heavy atom. The second-order valence-corrected chi connectivity index (χ2v) is 4.56. The number of carbonyl (C=O) groups is 1. The van der Waals surface area contributed by atoms with Gasteiger partial charge in [-0.1, -0.05) is 17.7 Å². The van der Waals surface area contributed by atoms with Crippen molar-refractivity contribution < 1.29 is 19.0 Å². The van der Waals surface area contributed by atoms with Gasteiger partial charge in [-0.2, -0.15) is 0 Å². The molecular weight excluding hydrogens is 297 g/mol. The summed E-state index contributed by atoms with van der Waals surface area (Å²) < 4.78 is 18.9. The molecule has 0 atom stereocenters. The van der Waals surface area contributed by atoms with E-state index in [4.69, 9.17) is 21.4 Å². The number of halogens is 2. The Morgan fingerprint density at radius 2 is 1.95 bits per heavy atom. The molecule has 2 aromatic rings. The molecule has 0 saturated carbocycles. The third-order valence-corrected chi connectivity index (χ3v) is 2.96. The van der Waals surface area contributed by atoms with Crippen molar-refractivity contribution in [2.75, 3.05) is 18.5 Å². The average Bonchev–Trinajstić information content (AvgIpc) is 2.49. The lowest BCUT2D eigenvalue weighted by molar-refractivity contribution is 0.102. The van der Waals surface area contributed by atoms with Gasteiger partial charge in [0.1, 0.15) is 12.4 Å². The molecule has 2 N–H and O–H groups in total. The van der Waals surface area contributed by atoms with Crippen molar-refractivity contribution >= 4 is 23.2 Å². The maximum Gasteiger partial charge on any atom is 0.258 e. The summed E-state index contributed by atoms with van der Waals surface area (Å²) in [5.74, 6) is -0.769. The quantitative estimate of drug-likeness (QED) is 0.892. The molecule has 0 aliphatic heterocycles. The summed E-state index contributed by atoms with van der Waals surface area (Å²) in [5.41, 5.74) is 0.374. The van der Waals surface area contributed by atoms with Gasteiger partial charge in [-0.3, -0.25) is 4.79 Å². The number of hydrogen-bond donors (Lipinski definition) is 2. The summed E-state index contributed by atoms with van der Waals surface area (Å²) in [4.78, 5) is 12.0. The minimum absolute atomic E-state index is 0.0769. The third-order valence-electron chi connectivity index (χ3n) is 2.67. The number of rotatable bonds is 5. The summed E-state index contributed by atoms with van der Waals surface area (Å²) in [5, 5.41) is 11.1. The SMILES string of the molecule is O=C(Nc1ccc(OCCO)cc1)c1cccc(Cl)c1F. The zero-order valence-electron chi connectivity index (χ0n) is 11.0. The van der Waals surface area contributed by atoms with Crippen molar-refractivity contribution in [2.45, 2.75) is 0 Å². The molecule has 0 unspecified atom stereocenters. The number of hydrogen-bond acceptors (Lipinski definition) is 3. The Morgan fingerprint density at radius 1 is 1.24 bits per heavy atom. The van der Waals surface area contributed by atoms with Gasteiger partial charge in [0.2, 0.25) is 0 Å². The van der Waals surface area contributed by atoms with E-state index in [9.17, 15) is 9.18 Å². The van der Waals surface area contributed by atoms with E-state index >= 15 is 0 Å². The van der Waals surface area contributed by atoms with E-state index in [0.29, 0.717) is 11.4 Å². The van der Waals surface area contributed by atoms with Gasteiger partial charge in [0.05, 0.1) is 17.2 Å². The molecule has 1 amide bonds. The predicted octanol–water partition coefficient (Wildman–Crippen LogP) is 3.10. The molecule has 0 heterocycles. The van der Waals surface area contributed by atoms with E-state index in [1.54, 1.807) is 24.3 Å². The van der Waals surface area contributed by atoms with E-state index < -0.39 is 11.7 Å². The van der Waals surface area contributed by atoms with E-state index in [-0.39, 0.29) is 23.8 Å². The minimum Gasteiger partial charge on any atom is -0.491 e. The van der Waals surface area contributed by atoms with Gasteiger partial charge in [-0.15, -0.1) is 0 Å². The fourth-order valence-corrected chi connectivity index (χ4v) is 1.85. The van der Waals surface area contributed by atoms with Crippen LogP contribution in [0.1, 0.15) is 10.4 Å². The molecule has 0 fully saturated rings. The standard InChI is InChI=1S/C15H13ClFNO3/c16-13-3-1-2-12(14(13)17)15(20)18-10-4-6-11(7-5-10)21-9-8-19/h1-7,19H,8-9H2,(H,18,20). The summed E-state index contributed by atoms with van der Waals surface area (Å²) in [6.07, 6.45) is 0. The lowest BCUT2D eigenvalue weighted by atomic mass is 10.2. The van der Waals surface area contributed by atoms with Gasteiger partial charge in [-0.05, 0) is 36.4 Å². The Bertz CT molecular complexity index is 631. The number of amides is 1. The highest BCUT2D eigenvalue weighted by Gasteiger charge is 2.14. The predicted molar refractivity (Wildman–Crippen MR) is 78.4 cm³/mol. The van der Waals surface area contributed by atoms with Crippen LogP contribution in [0.15, 0.2) is 42.5 Å². The molecule has 2 aromatic carbocycles. The molecule has 0 aliphatic rings. The first-order valence-electron chi connectivity index (χ1n) is 6.21. The fraction of sp³-hybridized carbons (Fsp3) is 0.133. The van der Waals surface area contributed by atoms with Crippen LogP contribution in [-0.4, -0.2) is 24.2 Å². The third kappa shape index (κ3) is 3.93. The van der Waals surface area contributed by atoms with Crippen molar-refractivity contribution in [3.63, 3.8) is 0 Å². The highest BCUT2D eigenvalue weighted by Crippen LogP contribution is 2.20. The largest absolute Gasteiger partial charge is 0.491 e. The monoisotopic (exact) mass is 309 g/mol. The zero-order chi connectivity index (χ0) is 15.2. The molecule has 2 rings (SSSR count). The van der Waals surface area contributed by atoms with Gasteiger partial charge in [0.15, 0.2) is 5.82 Å². The maximum atomic E-state index is 13.7. The van der Waals surface area contributed by atoms with Crippen molar-refractivity contribution in [3.05, 3.63) is 58.9 Å². The molecule has 0 radical (unpaired) electrons. The molecule has 0 aliphatic carbocycles. The number of benzene rings is 2. The van der Waals surface area contributed by atoms with Crippen molar-refractivity contribution in [1.82, 2.24) is 0 Å². The normalized spacial score (nSPS) is 10.2. The summed E-state index contributed by atoms with van der Waals surface area (Å²) >= 11 is 5.64. The first-order chi connectivity index (χ1) is 10.1. The first-order valence-corrected chi connectivity index (χ1v) is 6.58. The molecule has 4 nitrogen and oxygen atoms in total. The number of nitrogens with one attached hydrogen (secondary N) is 1. The van der Waals surface area contributed by atoms with Crippen LogP contribution in [-0.2, 0) is 0 Å². The van der Waals surface area contributed by atoms with Crippen LogP contribution in [0.3, 0.4) is 0 Å². The molecule has 0 bridgehead atoms. The number of aliphatic hydroxyl groups excluding tert-OH is 1. The Hall–Kier alpha value is -2.11. The van der Waals surface area contributed by atoms with E-state index in [0.717, 1.165) is 0 Å². The lowest BCUT2D eigenvalue weighted by Gasteiger charge is -2.08. The Labute approximate surface area is 126 Å². The highest BCUT2D eigenvalue weighted by molar-refractivity contribution is 6.31. The van der Waals surface area contributed by atoms with Gasteiger partial charge in [-0.25, -0.2) is 4.39 Å². The number of aliphatic hydroxyl groups is 1. The van der Waals surface area contributed by atoms with Gasteiger partial charge in [0.25, 0.3) is 5.91 Å². The van der Waals surface area contributed by atoms with Crippen LogP contribution in [0, 0.1) is 5.82 Å². The molecule has 0 spiro atoms. The fourth-order valence-electron chi connectivity index (χ4n) is 1.68. The Kier molecular flexibility index (Phi) is 5.14. The maximum absolute atomic E-state index is 13.7. The van der Waals surface area contributed by atoms with Gasteiger partial charge >= 0.3 is 0 Å². The van der Waals surface area contributed by atoms with Crippen LogP contribution in [0.2, 0.25) is 5.02 Å². The molecule has 6 heteroatoms. The summed E-state index contributed by atoms with van der Waals surface area (Å²) in [7, 11) is 0. The van der Waals surface area contributed by atoms with Crippen LogP contribution in [0.4, 0.5) is 10.1 Å². The number of anilines is 1. The zero-order valence-corrected chi connectivity index (χ0v) is 11.7. The molecule has 0 saturated heterocycles. The smallest absolute Gasteiger partial charge is 0.258 e. The summed E-state index contributed by atoms with van der Waals surface area (Å²) in [6.45, 7) is 0.117. The van der Waals surface area contributed by atoms with Crippen molar-refractivity contribution in [3.8, 4) is 5.75 Å². The topological polar surface area (TPSA) is 58.6 Å². The molecule has 21 heavy (non-hydrogen) atoms. The first kappa shape index (κ1) is 15.3. The van der Waals surface area contributed by atoms with E-state index in [1.165, 1.54) is 18.2 Å². The molecular formula is C15H13ClFNO3. The van der Waals surface area contributed by atoms with Crippen LogP contribution in [0.25, 0.3) is 0 Å². The lowest BCUT2D eigenvalue weighted by Crippen LogP contribution is -2.13. The summed E-state index contributed by atoms with van der Waals surface area (Å²) in [6, 6.07) is 10.8. The van der Waals surface area contributed by atoms with Crippen molar-refractivity contribution in [1.29, 1.82) is 0 Å². The van der Waals surface area contributed by atoms with Gasteiger partial charge < -0.3 is 15.2 Å². The highest BCUT2D eigenvalue weighted by atomic mass is 35.5. The van der Waals surface area contributed by atoms with Gasteiger partial charge in [0, 0.05) is 5.69 Å². The van der Waals surface area contributed by atoms with Crippen LogP contribution >= 0.6 is 11.6 Å². The minimum atomic E-state index is -0.750. The van der Waals surface area contributed by atoms with Crippen molar-refractivity contribution in [2.24, 2.45) is 0 Å². The second kappa shape index (κ2) is 7.06. The molecule has 0 aromatic heterocycles. The van der Waals surface area contributed by atoms with E-state index in [2.05, 4.69) is 5.32 Å². The van der Waals surface area contributed by atoms with E-state index in [1.807, 2.05) is 0 Å². The number of ether oxygens (including phenoxy) is 1. The Balaban J connectivity index is 2.07. The average molecular weight is 310 g/mol. The molecule has 110 valence electrons. The second-order valence-electron chi connectivity index (χ2n) is 4.15. The van der Waals surface area contributed by atoms with Crippen LogP contribution < -0.4 is 10.1 Å². The number of carbonyl (C=O) groups excluding carboxylic acids is 1.